The van der Waals surface area contributed by atoms with Crippen molar-refractivity contribution in [3.8, 4) is 17.2 Å². The number of hydrogen-bond donors (Lipinski definition) is 2. The highest BCUT2D eigenvalue weighted by Gasteiger charge is 2.28. The molecule has 1 heterocycles. The molecule has 3 rings (SSSR count). The largest absolute Gasteiger partial charge is 0.495 e. The highest BCUT2D eigenvalue weighted by atomic mass is 32.2. The number of carbonyl (C=O) groups excluding carboxylic acids is 2. The third-order valence-electron chi connectivity index (χ3n) is 4.59. The molecule has 1 aliphatic rings. The molecule has 0 saturated carbocycles. The van der Waals surface area contributed by atoms with Crippen molar-refractivity contribution in [1.29, 1.82) is 0 Å². The normalized spacial score (nSPS) is 16.3. The van der Waals surface area contributed by atoms with E-state index in [1.165, 1.54) is 11.8 Å². The summed E-state index contributed by atoms with van der Waals surface area (Å²) in [5.41, 5.74) is 2.32. The summed E-state index contributed by atoms with van der Waals surface area (Å²) in [6.45, 7) is 6.10. The molecule has 0 aliphatic carbocycles. The first-order valence-corrected chi connectivity index (χ1v) is 11.5. The van der Waals surface area contributed by atoms with Crippen LogP contribution in [-0.4, -0.2) is 44.3 Å². The summed E-state index contributed by atoms with van der Waals surface area (Å²) in [7, 11) is 1.61. The molecule has 0 bridgehead atoms. The summed E-state index contributed by atoms with van der Waals surface area (Å²) in [6.07, 6.45) is 1.78. The van der Waals surface area contributed by atoms with Crippen molar-refractivity contribution in [3.63, 3.8) is 0 Å². The molecule has 9 heteroatoms. The zero-order chi connectivity index (χ0) is 23.8. The van der Waals surface area contributed by atoms with E-state index < -0.39 is 5.97 Å². The lowest BCUT2D eigenvalue weighted by Crippen LogP contribution is -2.31. The van der Waals surface area contributed by atoms with Crippen LogP contribution in [0.15, 0.2) is 41.3 Å². The lowest BCUT2D eigenvalue weighted by Gasteiger charge is -2.16. The molecule has 0 spiro atoms. The van der Waals surface area contributed by atoms with Crippen LogP contribution in [0.3, 0.4) is 0 Å². The second-order valence-corrected chi connectivity index (χ2v) is 8.21. The van der Waals surface area contributed by atoms with Crippen molar-refractivity contribution in [2.24, 2.45) is 0 Å². The molecule has 33 heavy (non-hydrogen) atoms. The van der Waals surface area contributed by atoms with Gasteiger partial charge in [-0.2, -0.15) is 0 Å². The number of methoxy groups -OCH3 is 1. The zero-order valence-electron chi connectivity index (χ0n) is 19.1. The Kier molecular flexibility index (Phi) is 8.48. The van der Waals surface area contributed by atoms with Gasteiger partial charge in [0.25, 0.3) is 5.91 Å². The number of thioether (sulfide) groups is 1. The van der Waals surface area contributed by atoms with Crippen molar-refractivity contribution in [2.45, 2.75) is 26.3 Å². The van der Waals surface area contributed by atoms with Gasteiger partial charge in [-0.25, -0.2) is 4.79 Å². The van der Waals surface area contributed by atoms with E-state index in [2.05, 4.69) is 10.6 Å². The number of anilines is 1. The van der Waals surface area contributed by atoms with Crippen molar-refractivity contribution in [2.75, 3.05) is 32.2 Å². The van der Waals surface area contributed by atoms with E-state index in [4.69, 9.17) is 18.9 Å². The Balaban J connectivity index is 1.73. The Morgan fingerprint density at radius 1 is 1.09 bits per heavy atom. The van der Waals surface area contributed by atoms with E-state index in [1.807, 2.05) is 32.0 Å². The molecular weight excluding hydrogens is 444 g/mol. The Morgan fingerprint density at radius 3 is 2.61 bits per heavy atom. The summed E-state index contributed by atoms with van der Waals surface area (Å²) < 4.78 is 21.5. The Morgan fingerprint density at radius 2 is 1.88 bits per heavy atom. The lowest BCUT2D eigenvalue weighted by molar-refractivity contribution is -0.145. The van der Waals surface area contributed by atoms with Gasteiger partial charge in [-0.1, -0.05) is 23.9 Å². The monoisotopic (exact) mass is 472 g/mol. The number of carbonyl (C=O) groups is 2. The molecule has 1 unspecified atom stereocenters. The maximum absolute atomic E-state index is 12.5. The number of amides is 1. The van der Waals surface area contributed by atoms with Crippen LogP contribution in [0, 0.1) is 6.92 Å². The van der Waals surface area contributed by atoms with Crippen LogP contribution < -0.4 is 24.8 Å². The average molecular weight is 473 g/mol. The molecular formula is C24H28N2O6S. The fraction of sp³-hybridized carbons (Fsp3) is 0.333. The summed E-state index contributed by atoms with van der Waals surface area (Å²) >= 11 is 1.38. The Labute approximate surface area is 197 Å². The standard InChI is InChI=1S/C24H28N2O6S/c1-5-30-20-12-16(8-10-19(20)32-14-22(27)31-6-2)13-21-23(28)26-24(33-21)25-17-11-15(3)7-9-18(17)29-4/h7-13,24-25H,5-6,14H2,1-4H3,(H,26,28)/b21-13-. The van der Waals surface area contributed by atoms with Crippen molar-refractivity contribution >= 4 is 35.4 Å². The number of rotatable bonds is 10. The summed E-state index contributed by atoms with van der Waals surface area (Å²) in [5.74, 6) is 0.992. The van der Waals surface area contributed by atoms with Crippen LogP contribution >= 0.6 is 11.8 Å². The van der Waals surface area contributed by atoms with Crippen LogP contribution in [0.1, 0.15) is 25.0 Å². The third kappa shape index (κ3) is 6.58. The minimum Gasteiger partial charge on any atom is -0.495 e. The van der Waals surface area contributed by atoms with Gasteiger partial charge in [0.2, 0.25) is 0 Å². The van der Waals surface area contributed by atoms with Gasteiger partial charge in [0.05, 0.1) is 30.9 Å². The van der Waals surface area contributed by atoms with Gasteiger partial charge in [-0.05, 0) is 62.2 Å². The molecule has 0 radical (unpaired) electrons. The van der Waals surface area contributed by atoms with E-state index in [0.717, 1.165) is 16.8 Å². The first-order valence-electron chi connectivity index (χ1n) is 10.6. The zero-order valence-corrected chi connectivity index (χ0v) is 19.9. The van der Waals surface area contributed by atoms with Gasteiger partial charge < -0.3 is 29.6 Å². The molecule has 2 aromatic carbocycles. The number of aryl methyl sites for hydroxylation is 1. The molecule has 1 fully saturated rings. The summed E-state index contributed by atoms with van der Waals surface area (Å²) in [6, 6.07) is 11.1. The van der Waals surface area contributed by atoms with Crippen LogP contribution in [0.2, 0.25) is 0 Å². The van der Waals surface area contributed by atoms with Crippen molar-refractivity contribution in [3.05, 3.63) is 52.4 Å². The van der Waals surface area contributed by atoms with Gasteiger partial charge >= 0.3 is 5.97 Å². The van der Waals surface area contributed by atoms with Gasteiger partial charge in [-0.3, -0.25) is 4.79 Å². The summed E-state index contributed by atoms with van der Waals surface area (Å²) in [4.78, 5) is 24.7. The van der Waals surface area contributed by atoms with Crippen LogP contribution in [0.5, 0.6) is 17.2 Å². The number of nitrogens with one attached hydrogen (secondary N) is 2. The van der Waals surface area contributed by atoms with Crippen LogP contribution in [0.4, 0.5) is 5.69 Å². The second-order valence-electron chi connectivity index (χ2n) is 7.06. The fourth-order valence-electron chi connectivity index (χ4n) is 3.13. The predicted molar refractivity (Wildman–Crippen MR) is 129 cm³/mol. The number of benzene rings is 2. The van der Waals surface area contributed by atoms with Crippen LogP contribution in [0.25, 0.3) is 6.08 Å². The van der Waals surface area contributed by atoms with E-state index in [-0.39, 0.29) is 18.0 Å². The minimum absolute atomic E-state index is 0.176. The maximum Gasteiger partial charge on any atom is 0.344 e. The lowest BCUT2D eigenvalue weighted by atomic mass is 10.2. The number of esters is 1. The number of ether oxygens (including phenoxy) is 4. The summed E-state index contributed by atoms with van der Waals surface area (Å²) in [5, 5.41) is 6.22. The first kappa shape index (κ1) is 24.3. The van der Waals surface area contributed by atoms with E-state index in [9.17, 15) is 9.59 Å². The number of hydrogen-bond acceptors (Lipinski definition) is 8. The molecule has 1 aliphatic heterocycles. The van der Waals surface area contributed by atoms with Crippen molar-refractivity contribution in [1.82, 2.24) is 5.32 Å². The molecule has 2 aromatic rings. The quantitative estimate of drug-likeness (QED) is 0.397. The van der Waals surface area contributed by atoms with Crippen molar-refractivity contribution < 1.29 is 28.5 Å². The third-order valence-corrected chi connectivity index (χ3v) is 5.62. The van der Waals surface area contributed by atoms with Crippen LogP contribution in [-0.2, 0) is 14.3 Å². The molecule has 176 valence electrons. The highest BCUT2D eigenvalue weighted by Crippen LogP contribution is 2.35. The second kappa shape index (κ2) is 11.5. The SMILES string of the molecule is CCOC(=O)COc1ccc(/C=C2\SC(Nc3cc(C)ccc3OC)NC2=O)cc1OCC. The maximum atomic E-state index is 12.5. The molecule has 1 atom stereocenters. The molecule has 1 amide bonds. The molecule has 2 N–H and O–H groups in total. The fourth-order valence-corrected chi connectivity index (χ4v) is 4.11. The van der Waals surface area contributed by atoms with Gasteiger partial charge in [0.15, 0.2) is 23.6 Å². The Hall–Kier alpha value is -3.33. The van der Waals surface area contributed by atoms with Gasteiger partial charge in [0, 0.05) is 0 Å². The molecule has 8 nitrogen and oxygen atoms in total. The van der Waals surface area contributed by atoms with E-state index in [0.29, 0.717) is 35.4 Å². The van der Waals surface area contributed by atoms with E-state index in [1.54, 1.807) is 38.3 Å². The smallest absolute Gasteiger partial charge is 0.344 e. The Bertz CT molecular complexity index is 1040. The van der Waals surface area contributed by atoms with Gasteiger partial charge in [0.1, 0.15) is 5.75 Å². The molecule has 0 aromatic heterocycles. The average Bonchev–Trinajstić information content (AvgIpc) is 3.12. The molecule has 1 saturated heterocycles. The first-order chi connectivity index (χ1) is 15.9. The van der Waals surface area contributed by atoms with Gasteiger partial charge in [-0.15, -0.1) is 0 Å². The highest BCUT2D eigenvalue weighted by molar-refractivity contribution is 8.05. The topological polar surface area (TPSA) is 95.1 Å². The minimum atomic E-state index is -0.450. The van der Waals surface area contributed by atoms with E-state index >= 15 is 0 Å². The predicted octanol–water partition coefficient (Wildman–Crippen LogP) is 3.94.